The number of aryl methyl sites for hydroxylation is 1. The van der Waals surface area contributed by atoms with Crippen LogP contribution in [-0.4, -0.2) is 64.1 Å². The molecule has 3 rings (SSSR count). The third kappa shape index (κ3) is 4.50. The molecule has 1 fully saturated rings. The molecule has 1 aliphatic heterocycles. The fourth-order valence-corrected chi connectivity index (χ4v) is 5.28. The van der Waals surface area contributed by atoms with Gasteiger partial charge in [-0.3, -0.25) is 0 Å². The molecule has 0 atom stereocenters. The first-order chi connectivity index (χ1) is 12.1. The molecule has 25 heavy (non-hydrogen) atoms. The minimum Gasteiger partial charge on any atom is -0.385 e. The van der Waals surface area contributed by atoms with Crippen molar-refractivity contribution in [3.63, 3.8) is 0 Å². The molecule has 1 saturated heterocycles. The summed E-state index contributed by atoms with van der Waals surface area (Å²) < 4.78 is 33.0. The van der Waals surface area contributed by atoms with Crippen LogP contribution in [0.25, 0.3) is 6.08 Å². The molecule has 2 aliphatic rings. The van der Waals surface area contributed by atoms with Crippen LogP contribution in [0.15, 0.2) is 29.2 Å². The summed E-state index contributed by atoms with van der Waals surface area (Å²) in [6.07, 6.45) is 5.16. The van der Waals surface area contributed by atoms with Crippen molar-refractivity contribution in [2.24, 2.45) is 0 Å². The Labute approximate surface area is 151 Å². The summed E-state index contributed by atoms with van der Waals surface area (Å²) in [5.41, 5.74) is 2.28. The Bertz CT molecular complexity index is 715. The Morgan fingerprint density at radius 2 is 1.92 bits per heavy atom. The van der Waals surface area contributed by atoms with Crippen molar-refractivity contribution in [3.8, 4) is 0 Å². The van der Waals surface area contributed by atoms with Crippen LogP contribution in [-0.2, 0) is 21.2 Å². The highest BCUT2D eigenvalue weighted by Crippen LogP contribution is 2.29. The van der Waals surface area contributed by atoms with Gasteiger partial charge in [0.2, 0.25) is 10.0 Å². The topological polar surface area (TPSA) is 49.9 Å². The van der Waals surface area contributed by atoms with Crippen molar-refractivity contribution in [3.05, 3.63) is 40.3 Å². The number of fused-ring (bicyclic) bond motifs is 1. The molecule has 0 N–H and O–H groups in total. The predicted octanol–water partition coefficient (Wildman–Crippen LogP) is 2.35. The minimum atomic E-state index is -3.36. The Balaban J connectivity index is 1.68. The fraction of sp³-hybridized carbons (Fsp3) is 0.579. The van der Waals surface area contributed by atoms with E-state index in [1.54, 1.807) is 11.4 Å². The maximum absolute atomic E-state index is 13.1. The summed E-state index contributed by atoms with van der Waals surface area (Å²) in [5, 5.41) is 0. The summed E-state index contributed by atoms with van der Waals surface area (Å²) in [6, 6.07) is 8.07. The number of rotatable bonds is 6. The van der Waals surface area contributed by atoms with Crippen molar-refractivity contribution < 1.29 is 13.2 Å². The SMILES string of the molecule is COCCCN1CCCN(S(=O)(=O)C2=Cc3ccccc3CC2)CC1. The van der Waals surface area contributed by atoms with E-state index in [0.717, 1.165) is 51.1 Å². The molecule has 1 heterocycles. The van der Waals surface area contributed by atoms with Crippen LogP contribution >= 0.6 is 0 Å². The van der Waals surface area contributed by atoms with E-state index in [-0.39, 0.29) is 0 Å². The highest BCUT2D eigenvalue weighted by atomic mass is 32.2. The lowest BCUT2D eigenvalue weighted by molar-refractivity contribution is 0.173. The maximum atomic E-state index is 13.1. The standard InChI is InChI=1S/C19H28N2O3S/c1-24-15-5-11-20-10-4-12-21(14-13-20)25(22,23)19-9-8-17-6-2-3-7-18(17)16-19/h2-3,6-7,16H,4-5,8-15H2,1H3. The van der Waals surface area contributed by atoms with Crippen molar-refractivity contribution in [1.82, 2.24) is 9.21 Å². The van der Waals surface area contributed by atoms with Crippen LogP contribution in [0.2, 0.25) is 0 Å². The molecule has 6 heteroatoms. The van der Waals surface area contributed by atoms with Gasteiger partial charge in [-0.15, -0.1) is 0 Å². The lowest BCUT2D eigenvalue weighted by Crippen LogP contribution is -2.36. The third-order valence-corrected chi connectivity index (χ3v) is 7.08. The van der Waals surface area contributed by atoms with Crippen LogP contribution in [0.3, 0.4) is 0 Å². The largest absolute Gasteiger partial charge is 0.385 e. The van der Waals surface area contributed by atoms with E-state index in [9.17, 15) is 8.42 Å². The first kappa shape index (κ1) is 18.6. The van der Waals surface area contributed by atoms with Crippen molar-refractivity contribution in [2.75, 3.05) is 46.4 Å². The molecule has 0 amide bonds. The summed E-state index contributed by atoms with van der Waals surface area (Å²) in [5.74, 6) is 0. The molecule has 138 valence electrons. The molecule has 0 unspecified atom stereocenters. The highest BCUT2D eigenvalue weighted by molar-refractivity contribution is 7.93. The van der Waals surface area contributed by atoms with Gasteiger partial charge in [-0.05, 0) is 49.4 Å². The zero-order valence-electron chi connectivity index (χ0n) is 15.0. The van der Waals surface area contributed by atoms with Gasteiger partial charge in [0.25, 0.3) is 0 Å². The molecule has 0 bridgehead atoms. The van der Waals surface area contributed by atoms with Gasteiger partial charge in [-0.1, -0.05) is 24.3 Å². The van der Waals surface area contributed by atoms with E-state index in [0.29, 0.717) is 24.4 Å². The number of methoxy groups -OCH3 is 1. The second kappa shape index (κ2) is 8.45. The lowest BCUT2D eigenvalue weighted by atomic mass is 9.98. The minimum absolute atomic E-state index is 0.569. The van der Waals surface area contributed by atoms with Crippen molar-refractivity contribution >= 4 is 16.1 Å². The van der Waals surface area contributed by atoms with Gasteiger partial charge in [0, 0.05) is 39.9 Å². The summed E-state index contributed by atoms with van der Waals surface area (Å²) >= 11 is 0. The normalized spacial score (nSPS) is 20.0. The summed E-state index contributed by atoms with van der Waals surface area (Å²) in [6.45, 7) is 4.67. The number of ether oxygens (including phenoxy) is 1. The molecule has 5 nitrogen and oxygen atoms in total. The molecule has 1 aromatic rings. The van der Waals surface area contributed by atoms with E-state index >= 15 is 0 Å². The number of sulfonamides is 1. The van der Waals surface area contributed by atoms with Crippen LogP contribution in [0.1, 0.15) is 30.4 Å². The van der Waals surface area contributed by atoms with E-state index in [2.05, 4.69) is 11.0 Å². The maximum Gasteiger partial charge on any atom is 0.239 e. The smallest absolute Gasteiger partial charge is 0.239 e. The highest BCUT2D eigenvalue weighted by Gasteiger charge is 2.30. The lowest BCUT2D eigenvalue weighted by Gasteiger charge is -2.24. The second-order valence-electron chi connectivity index (χ2n) is 6.76. The van der Waals surface area contributed by atoms with Gasteiger partial charge in [-0.25, -0.2) is 8.42 Å². The first-order valence-electron chi connectivity index (χ1n) is 9.11. The Morgan fingerprint density at radius 1 is 1.08 bits per heavy atom. The van der Waals surface area contributed by atoms with E-state index in [4.69, 9.17) is 4.74 Å². The summed E-state index contributed by atoms with van der Waals surface area (Å²) in [4.78, 5) is 2.91. The Kier molecular flexibility index (Phi) is 6.28. The van der Waals surface area contributed by atoms with Crippen LogP contribution in [0.4, 0.5) is 0 Å². The van der Waals surface area contributed by atoms with Crippen LogP contribution in [0, 0.1) is 0 Å². The van der Waals surface area contributed by atoms with E-state index in [1.807, 2.05) is 24.3 Å². The Hall–Kier alpha value is -1.21. The molecule has 0 aromatic heterocycles. The van der Waals surface area contributed by atoms with Gasteiger partial charge in [0.15, 0.2) is 0 Å². The monoisotopic (exact) mass is 364 g/mol. The van der Waals surface area contributed by atoms with Gasteiger partial charge in [0.1, 0.15) is 0 Å². The fourth-order valence-electron chi connectivity index (χ4n) is 3.62. The van der Waals surface area contributed by atoms with Crippen molar-refractivity contribution in [1.29, 1.82) is 0 Å². The average molecular weight is 365 g/mol. The quantitative estimate of drug-likeness (QED) is 0.727. The van der Waals surface area contributed by atoms with Crippen molar-refractivity contribution in [2.45, 2.75) is 25.7 Å². The number of benzene rings is 1. The van der Waals surface area contributed by atoms with Crippen LogP contribution in [0.5, 0.6) is 0 Å². The number of hydrogen-bond donors (Lipinski definition) is 0. The number of allylic oxidation sites excluding steroid dienone is 1. The first-order valence-corrected chi connectivity index (χ1v) is 10.5. The van der Waals surface area contributed by atoms with Gasteiger partial charge in [-0.2, -0.15) is 4.31 Å². The van der Waals surface area contributed by atoms with Gasteiger partial charge < -0.3 is 9.64 Å². The zero-order chi connectivity index (χ0) is 17.7. The van der Waals surface area contributed by atoms with E-state index in [1.165, 1.54) is 5.56 Å². The zero-order valence-corrected chi connectivity index (χ0v) is 15.8. The molecular formula is C19H28N2O3S. The second-order valence-corrected chi connectivity index (χ2v) is 8.75. The number of hydrogen-bond acceptors (Lipinski definition) is 4. The third-order valence-electron chi connectivity index (χ3n) is 5.05. The summed E-state index contributed by atoms with van der Waals surface area (Å²) in [7, 11) is -1.64. The van der Waals surface area contributed by atoms with Gasteiger partial charge >= 0.3 is 0 Å². The molecule has 0 radical (unpaired) electrons. The molecule has 0 saturated carbocycles. The molecular weight excluding hydrogens is 336 g/mol. The number of nitrogens with zero attached hydrogens (tertiary/aromatic N) is 2. The van der Waals surface area contributed by atoms with Crippen LogP contribution < -0.4 is 0 Å². The van der Waals surface area contributed by atoms with E-state index < -0.39 is 10.0 Å². The average Bonchev–Trinajstić information content (AvgIpc) is 2.88. The van der Waals surface area contributed by atoms with Gasteiger partial charge in [0.05, 0.1) is 4.91 Å². The molecule has 1 aliphatic carbocycles. The molecule has 0 spiro atoms. The molecule has 1 aromatic carbocycles. The predicted molar refractivity (Wildman–Crippen MR) is 101 cm³/mol. The Morgan fingerprint density at radius 3 is 2.76 bits per heavy atom.